The third-order valence-electron chi connectivity index (χ3n) is 4.29. The van der Waals surface area contributed by atoms with E-state index in [0.29, 0.717) is 33.8 Å². The lowest BCUT2D eigenvalue weighted by atomic mass is 10.1. The molecule has 0 radical (unpaired) electrons. The van der Waals surface area contributed by atoms with Crippen LogP contribution in [-0.4, -0.2) is 13.0 Å². The fourth-order valence-electron chi connectivity index (χ4n) is 2.70. The maximum Gasteiger partial charge on any atom is 0.266 e. The summed E-state index contributed by atoms with van der Waals surface area (Å²) in [6.07, 6.45) is 1.51. The predicted octanol–water partition coefficient (Wildman–Crippen LogP) is 6.19. The van der Waals surface area contributed by atoms with Gasteiger partial charge in [-0.15, -0.1) is 0 Å². The quantitative estimate of drug-likeness (QED) is 0.203. The molecule has 0 saturated heterocycles. The molecule has 31 heavy (non-hydrogen) atoms. The molecule has 1 amide bonds. The fraction of sp³-hybridized carbons (Fsp3) is 0.0833. The third-order valence-corrected chi connectivity index (χ3v) is 5.69. The molecule has 0 saturated carbocycles. The zero-order valence-electron chi connectivity index (χ0n) is 16.6. The molecule has 1 N–H and O–H groups in total. The number of amides is 1. The van der Waals surface area contributed by atoms with E-state index in [2.05, 4.69) is 43.8 Å². The molecule has 0 fully saturated rings. The van der Waals surface area contributed by atoms with Crippen molar-refractivity contribution in [1.29, 1.82) is 5.26 Å². The summed E-state index contributed by atoms with van der Waals surface area (Å²) in [6, 6.07) is 22.5. The predicted molar refractivity (Wildman–Crippen MR) is 133 cm³/mol. The Morgan fingerprint density at radius 1 is 1.13 bits per heavy atom. The van der Waals surface area contributed by atoms with Gasteiger partial charge in [0.2, 0.25) is 0 Å². The van der Waals surface area contributed by atoms with Crippen LogP contribution >= 0.6 is 38.5 Å². The van der Waals surface area contributed by atoms with Gasteiger partial charge in [0, 0.05) is 13.7 Å². The van der Waals surface area contributed by atoms with Crippen molar-refractivity contribution in [2.24, 2.45) is 0 Å². The van der Waals surface area contributed by atoms with Crippen LogP contribution in [0.15, 0.2) is 76.8 Å². The van der Waals surface area contributed by atoms with Gasteiger partial charge in [-0.05, 0) is 76.2 Å². The van der Waals surface area contributed by atoms with E-state index in [9.17, 15) is 10.1 Å². The van der Waals surface area contributed by atoms with Crippen molar-refractivity contribution in [2.45, 2.75) is 6.61 Å². The third kappa shape index (κ3) is 6.32. The number of halogens is 2. The number of rotatable bonds is 7. The minimum Gasteiger partial charge on any atom is -0.493 e. The standard InChI is InChI=1S/C24H18BrIN2O3/c1-30-22-12-17(11-18(14-27)24(29)28-20-5-3-2-4-6-20)21(25)13-23(22)31-15-16-7-9-19(26)10-8-16/h2-13H,15H2,1H3,(H,28,29)/b18-11-. The Balaban J connectivity index is 1.81. The van der Waals surface area contributed by atoms with Crippen LogP contribution in [0.3, 0.4) is 0 Å². The molecule has 0 aliphatic carbocycles. The molecule has 0 aromatic heterocycles. The van der Waals surface area contributed by atoms with Gasteiger partial charge in [0.1, 0.15) is 18.2 Å². The van der Waals surface area contributed by atoms with Crippen LogP contribution in [0.1, 0.15) is 11.1 Å². The molecular formula is C24H18BrIN2O3. The van der Waals surface area contributed by atoms with E-state index < -0.39 is 5.91 Å². The van der Waals surface area contributed by atoms with E-state index in [1.807, 2.05) is 48.5 Å². The molecule has 7 heteroatoms. The van der Waals surface area contributed by atoms with Crippen molar-refractivity contribution < 1.29 is 14.3 Å². The summed E-state index contributed by atoms with van der Waals surface area (Å²) in [5, 5.41) is 12.2. The van der Waals surface area contributed by atoms with Crippen LogP contribution in [-0.2, 0) is 11.4 Å². The maximum atomic E-state index is 12.5. The second kappa shape index (κ2) is 11.0. The zero-order valence-corrected chi connectivity index (χ0v) is 20.3. The van der Waals surface area contributed by atoms with Crippen molar-refractivity contribution in [3.63, 3.8) is 0 Å². The van der Waals surface area contributed by atoms with Gasteiger partial charge < -0.3 is 14.8 Å². The molecule has 0 aliphatic heterocycles. The summed E-state index contributed by atoms with van der Waals surface area (Å²) in [5.74, 6) is 0.566. The molecule has 0 atom stereocenters. The van der Waals surface area contributed by atoms with Crippen LogP contribution in [0.25, 0.3) is 6.08 Å². The summed E-state index contributed by atoms with van der Waals surface area (Å²) in [7, 11) is 1.54. The lowest BCUT2D eigenvalue weighted by Gasteiger charge is -2.13. The van der Waals surface area contributed by atoms with E-state index in [4.69, 9.17) is 9.47 Å². The van der Waals surface area contributed by atoms with E-state index in [-0.39, 0.29) is 5.57 Å². The number of methoxy groups -OCH3 is 1. The van der Waals surface area contributed by atoms with Crippen molar-refractivity contribution >= 4 is 56.2 Å². The van der Waals surface area contributed by atoms with E-state index >= 15 is 0 Å². The van der Waals surface area contributed by atoms with Crippen LogP contribution in [0.4, 0.5) is 5.69 Å². The summed E-state index contributed by atoms with van der Waals surface area (Å²) >= 11 is 5.75. The second-order valence-electron chi connectivity index (χ2n) is 6.43. The number of para-hydroxylation sites is 1. The Morgan fingerprint density at radius 3 is 2.48 bits per heavy atom. The molecule has 0 unspecified atom stereocenters. The van der Waals surface area contributed by atoms with Crippen LogP contribution in [0.5, 0.6) is 11.5 Å². The van der Waals surface area contributed by atoms with E-state index in [0.717, 1.165) is 9.13 Å². The van der Waals surface area contributed by atoms with Gasteiger partial charge in [-0.25, -0.2) is 0 Å². The number of anilines is 1. The van der Waals surface area contributed by atoms with Crippen LogP contribution in [0.2, 0.25) is 0 Å². The van der Waals surface area contributed by atoms with E-state index in [1.54, 1.807) is 31.4 Å². The number of ether oxygens (including phenoxy) is 2. The second-order valence-corrected chi connectivity index (χ2v) is 8.53. The fourth-order valence-corrected chi connectivity index (χ4v) is 3.50. The van der Waals surface area contributed by atoms with Crippen molar-refractivity contribution in [3.05, 3.63) is 91.5 Å². The lowest BCUT2D eigenvalue weighted by Crippen LogP contribution is -2.13. The molecule has 5 nitrogen and oxygen atoms in total. The number of carbonyl (C=O) groups is 1. The average Bonchev–Trinajstić information content (AvgIpc) is 2.78. The lowest BCUT2D eigenvalue weighted by molar-refractivity contribution is -0.112. The first-order chi connectivity index (χ1) is 15.0. The number of hydrogen-bond acceptors (Lipinski definition) is 4. The Hall–Kier alpha value is -2.83. The molecule has 0 spiro atoms. The Bertz CT molecular complexity index is 1140. The first-order valence-corrected chi connectivity index (χ1v) is 11.1. The number of nitriles is 1. The number of hydrogen-bond donors (Lipinski definition) is 1. The molecule has 3 aromatic carbocycles. The Morgan fingerprint density at radius 2 is 1.84 bits per heavy atom. The largest absolute Gasteiger partial charge is 0.493 e. The van der Waals surface area contributed by atoms with Crippen molar-refractivity contribution in [3.8, 4) is 17.6 Å². The zero-order chi connectivity index (χ0) is 22.2. The van der Waals surface area contributed by atoms with Gasteiger partial charge in [0.15, 0.2) is 11.5 Å². The molecule has 3 rings (SSSR count). The number of carbonyl (C=O) groups excluding carboxylic acids is 1. The topological polar surface area (TPSA) is 71.3 Å². The molecular weight excluding hydrogens is 571 g/mol. The summed E-state index contributed by atoms with van der Waals surface area (Å²) in [4.78, 5) is 12.5. The highest BCUT2D eigenvalue weighted by Gasteiger charge is 2.14. The minimum absolute atomic E-state index is 0.0286. The molecule has 0 aliphatic rings. The van der Waals surface area contributed by atoms with Crippen molar-refractivity contribution in [1.82, 2.24) is 0 Å². The van der Waals surface area contributed by atoms with Gasteiger partial charge in [-0.3, -0.25) is 4.79 Å². The van der Waals surface area contributed by atoms with Crippen molar-refractivity contribution in [2.75, 3.05) is 12.4 Å². The summed E-state index contributed by atoms with van der Waals surface area (Å²) < 4.78 is 13.2. The maximum absolute atomic E-state index is 12.5. The molecule has 156 valence electrons. The molecule has 0 bridgehead atoms. The number of benzene rings is 3. The van der Waals surface area contributed by atoms with Gasteiger partial charge in [-0.1, -0.05) is 46.3 Å². The summed E-state index contributed by atoms with van der Waals surface area (Å²) in [6.45, 7) is 0.387. The van der Waals surface area contributed by atoms with Gasteiger partial charge in [-0.2, -0.15) is 5.26 Å². The smallest absolute Gasteiger partial charge is 0.266 e. The minimum atomic E-state index is -0.487. The Labute approximate surface area is 203 Å². The van der Waals surface area contributed by atoms with Crippen LogP contribution in [0, 0.1) is 14.9 Å². The van der Waals surface area contributed by atoms with Gasteiger partial charge in [0.05, 0.1) is 7.11 Å². The normalized spacial score (nSPS) is 10.8. The Kier molecular flexibility index (Phi) is 8.09. The molecule has 0 heterocycles. The number of nitrogens with one attached hydrogen (secondary N) is 1. The average molecular weight is 589 g/mol. The monoisotopic (exact) mass is 588 g/mol. The number of nitrogens with zero attached hydrogens (tertiary/aromatic N) is 1. The first kappa shape index (κ1) is 22.8. The van der Waals surface area contributed by atoms with Gasteiger partial charge >= 0.3 is 0 Å². The SMILES string of the molecule is COc1cc(/C=C(/C#N)C(=O)Nc2ccccc2)c(Br)cc1OCc1ccc(I)cc1. The first-order valence-electron chi connectivity index (χ1n) is 9.23. The van der Waals surface area contributed by atoms with Crippen LogP contribution < -0.4 is 14.8 Å². The highest BCUT2D eigenvalue weighted by atomic mass is 127. The summed E-state index contributed by atoms with van der Waals surface area (Å²) in [5.41, 5.74) is 2.24. The highest BCUT2D eigenvalue weighted by molar-refractivity contribution is 14.1. The van der Waals surface area contributed by atoms with Gasteiger partial charge in [0.25, 0.3) is 5.91 Å². The highest BCUT2D eigenvalue weighted by Crippen LogP contribution is 2.35. The van der Waals surface area contributed by atoms with E-state index in [1.165, 1.54) is 6.08 Å². The molecule has 3 aromatic rings.